The minimum atomic E-state index is -0.497. The minimum Gasteiger partial charge on any atom is -0.394 e. The van der Waals surface area contributed by atoms with Crippen molar-refractivity contribution >= 4 is 28.4 Å². The smallest absolute Gasteiger partial charge is 0.254 e. The molecule has 0 bridgehead atoms. The minimum absolute atomic E-state index is 0.202. The van der Waals surface area contributed by atoms with Gasteiger partial charge in [0.25, 0.3) is 5.91 Å². The summed E-state index contributed by atoms with van der Waals surface area (Å²) in [5, 5.41) is 20.6. The highest BCUT2D eigenvalue weighted by atomic mass is 35.5. The molecule has 1 atom stereocenters. The summed E-state index contributed by atoms with van der Waals surface area (Å²) in [6.45, 7) is -0.202. The molecule has 0 saturated carbocycles. The zero-order valence-corrected chi connectivity index (χ0v) is 12.3. The highest BCUT2D eigenvalue weighted by Gasteiger charge is 2.17. The largest absolute Gasteiger partial charge is 0.394 e. The molecule has 0 spiro atoms. The molecule has 22 heavy (non-hydrogen) atoms. The van der Waals surface area contributed by atoms with Crippen molar-refractivity contribution in [3.63, 3.8) is 0 Å². The van der Waals surface area contributed by atoms with E-state index >= 15 is 0 Å². The number of fused-ring (bicyclic) bond motifs is 1. The molecule has 0 aliphatic rings. The normalized spacial score (nSPS) is 12.3. The first-order valence-electron chi connectivity index (χ1n) is 6.78. The molecule has 0 radical (unpaired) electrons. The number of amides is 1. The Morgan fingerprint density at radius 1 is 1.27 bits per heavy atom. The Hall–Kier alpha value is -2.37. The van der Waals surface area contributed by atoms with Crippen molar-refractivity contribution in [1.29, 1.82) is 0 Å². The number of aromatic amines is 1. The van der Waals surface area contributed by atoms with E-state index in [0.717, 1.165) is 10.9 Å². The lowest BCUT2D eigenvalue weighted by Crippen LogP contribution is -2.30. The predicted octanol–water partition coefficient (Wildman–Crippen LogP) is 2.68. The number of hydrogen-bond acceptors (Lipinski definition) is 3. The van der Waals surface area contributed by atoms with E-state index in [4.69, 9.17) is 11.6 Å². The summed E-state index contributed by atoms with van der Waals surface area (Å²) in [6, 6.07) is 11.9. The van der Waals surface area contributed by atoms with Gasteiger partial charge in [0.1, 0.15) is 0 Å². The molecule has 3 rings (SSSR count). The molecule has 1 heterocycles. The number of hydrogen-bond donors (Lipinski definition) is 3. The number of nitrogens with one attached hydrogen (secondary N) is 2. The molecular weight excluding hydrogens is 302 g/mol. The Labute approximate surface area is 131 Å². The Morgan fingerprint density at radius 2 is 2.05 bits per heavy atom. The van der Waals surface area contributed by atoms with E-state index in [1.54, 1.807) is 42.6 Å². The zero-order valence-electron chi connectivity index (χ0n) is 11.6. The molecule has 112 valence electrons. The fourth-order valence-corrected chi connectivity index (χ4v) is 2.45. The van der Waals surface area contributed by atoms with Crippen LogP contribution in [0.4, 0.5) is 0 Å². The lowest BCUT2D eigenvalue weighted by Gasteiger charge is -2.17. The Morgan fingerprint density at radius 3 is 2.77 bits per heavy atom. The number of benzene rings is 2. The van der Waals surface area contributed by atoms with Crippen LogP contribution in [0.1, 0.15) is 22.0 Å². The van der Waals surface area contributed by atoms with Crippen molar-refractivity contribution in [2.45, 2.75) is 6.04 Å². The van der Waals surface area contributed by atoms with Crippen molar-refractivity contribution in [2.75, 3.05) is 6.61 Å². The molecule has 0 unspecified atom stereocenters. The van der Waals surface area contributed by atoms with Crippen molar-refractivity contribution in [2.24, 2.45) is 0 Å². The second kappa shape index (κ2) is 6.17. The maximum atomic E-state index is 12.5. The van der Waals surface area contributed by atoms with Crippen molar-refractivity contribution in [3.05, 3.63) is 64.8 Å². The number of aromatic nitrogens is 2. The monoisotopic (exact) mass is 315 g/mol. The summed E-state index contributed by atoms with van der Waals surface area (Å²) < 4.78 is 0. The van der Waals surface area contributed by atoms with E-state index < -0.39 is 6.04 Å². The first-order valence-corrected chi connectivity index (χ1v) is 7.16. The molecule has 3 aromatic rings. The van der Waals surface area contributed by atoms with E-state index in [2.05, 4.69) is 15.5 Å². The Kier molecular flexibility index (Phi) is 4.09. The molecule has 0 saturated heterocycles. The fourth-order valence-electron chi connectivity index (χ4n) is 2.32. The average molecular weight is 316 g/mol. The summed E-state index contributed by atoms with van der Waals surface area (Å²) in [7, 11) is 0. The van der Waals surface area contributed by atoms with Gasteiger partial charge < -0.3 is 10.4 Å². The first kappa shape index (κ1) is 14.6. The number of carbonyl (C=O) groups excluding carboxylic acids is 1. The van der Waals surface area contributed by atoms with Crippen molar-refractivity contribution in [3.8, 4) is 0 Å². The molecule has 1 aromatic heterocycles. The van der Waals surface area contributed by atoms with Crippen LogP contribution in [0.3, 0.4) is 0 Å². The summed E-state index contributed by atoms with van der Waals surface area (Å²) >= 11 is 5.85. The standard InChI is InChI=1S/C16H14ClN3O2/c17-12-6-4-10(5-7-12)14(9-21)19-16(22)13-3-1-2-11-8-18-20-15(11)13/h1-8,14,21H,9H2,(H,18,20)(H,19,22)/t14-/m1/s1. The highest BCUT2D eigenvalue weighted by Crippen LogP contribution is 2.19. The van der Waals surface area contributed by atoms with Gasteiger partial charge in [-0.15, -0.1) is 0 Å². The quantitative estimate of drug-likeness (QED) is 0.692. The van der Waals surface area contributed by atoms with E-state index in [-0.39, 0.29) is 12.5 Å². The third-order valence-corrected chi connectivity index (χ3v) is 3.73. The average Bonchev–Trinajstić information content (AvgIpc) is 3.01. The molecule has 1 amide bonds. The maximum absolute atomic E-state index is 12.5. The van der Waals surface area contributed by atoms with Crippen LogP contribution in [0.2, 0.25) is 5.02 Å². The molecule has 2 aromatic carbocycles. The number of para-hydroxylation sites is 1. The number of H-pyrrole nitrogens is 1. The van der Waals surface area contributed by atoms with Crippen molar-refractivity contribution < 1.29 is 9.90 Å². The molecule has 6 heteroatoms. The van der Waals surface area contributed by atoms with Gasteiger partial charge in [0.15, 0.2) is 0 Å². The second-order valence-corrected chi connectivity index (χ2v) is 5.34. The summed E-state index contributed by atoms with van der Waals surface area (Å²) in [5.74, 6) is -0.274. The number of carbonyl (C=O) groups is 1. The van der Waals surface area contributed by atoms with Gasteiger partial charge >= 0.3 is 0 Å². The van der Waals surface area contributed by atoms with Gasteiger partial charge in [-0.1, -0.05) is 35.9 Å². The maximum Gasteiger partial charge on any atom is 0.254 e. The van der Waals surface area contributed by atoms with E-state index in [1.807, 2.05) is 6.07 Å². The van der Waals surface area contributed by atoms with Gasteiger partial charge in [-0.2, -0.15) is 5.10 Å². The van der Waals surface area contributed by atoms with Gasteiger partial charge in [0.05, 0.1) is 29.9 Å². The number of aliphatic hydroxyl groups is 1. The third kappa shape index (κ3) is 2.81. The van der Waals surface area contributed by atoms with Crippen LogP contribution in [0.25, 0.3) is 10.9 Å². The van der Waals surface area contributed by atoms with Crippen LogP contribution in [-0.2, 0) is 0 Å². The fraction of sp³-hybridized carbons (Fsp3) is 0.125. The van der Waals surface area contributed by atoms with Crippen LogP contribution < -0.4 is 5.32 Å². The summed E-state index contributed by atoms with van der Waals surface area (Å²) in [6.07, 6.45) is 1.66. The number of halogens is 1. The SMILES string of the molecule is O=C(N[C@H](CO)c1ccc(Cl)cc1)c1cccc2cn[nH]c12. The van der Waals surface area contributed by atoms with Gasteiger partial charge in [-0.3, -0.25) is 9.89 Å². The topological polar surface area (TPSA) is 78.0 Å². The number of aliphatic hydroxyl groups excluding tert-OH is 1. The molecule has 0 aliphatic carbocycles. The van der Waals surface area contributed by atoms with Crippen LogP contribution >= 0.6 is 11.6 Å². The van der Waals surface area contributed by atoms with Crippen LogP contribution in [-0.4, -0.2) is 27.8 Å². The Balaban J connectivity index is 1.86. The van der Waals surface area contributed by atoms with E-state index in [1.165, 1.54) is 0 Å². The Bertz CT molecular complexity index is 799. The van der Waals surface area contributed by atoms with Gasteiger partial charge in [-0.05, 0) is 23.8 Å². The molecule has 5 nitrogen and oxygen atoms in total. The van der Waals surface area contributed by atoms with Crippen LogP contribution in [0.15, 0.2) is 48.7 Å². The lowest BCUT2D eigenvalue weighted by atomic mass is 10.1. The molecule has 0 aliphatic heterocycles. The van der Waals surface area contributed by atoms with Gasteiger partial charge in [-0.25, -0.2) is 0 Å². The van der Waals surface area contributed by atoms with Gasteiger partial charge in [0.2, 0.25) is 0 Å². The summed E-state index contributed by atoms with van der Waals surface area (Å²) in [5.41, 5.74) is 1.95. The highest BCUT2D eigenvalue weighted by molar-refractivity contribution is 6.30. The zero-order chi connectivity index (χ0) is 15.5. The van der Waals surface area contributed by atoms with Crippen LogP contribution in [0, 0.1) is 0 Å². The van der Waals surface area contributed by atoms with E-state index in [0.29, 0.717) is 16.1 Å². The van der Waals surface area contributed by atoms with Crippen LogP contribution in [0.5, 0.6) is 0 Å². The summed E-state index contributed by atoms with van der Waals surface area (Å²) in [4.78, 5) is 12.5. The van der Waals surface area contributed by atoms with Gasteiger partial charge in [0, 0.05) is 10.4 Å². The van der Waals surface area contributed by atoms with E-state index in [9.17, 15) is 9.90 Å². The first-order chi connectivity index (χ1) is 10.7. The number of rotatable bonds is 4. The predicted molar refractivity (Wildman–Crippen MR) is 84.8 cm³/mol. The third-order valence-electron chi connectivity index (χ3n) is 3.48. The lowest BCUT2D eigenvalue weighted by molar-refractivity contribution is 0.0917. The molecule has 0 fully saturated rings. The molecular formula is C16H14ClN3O2. The second-order valence-electron chi connectivity index (χ2n) is 4.90. The number of nitrogens with zero attached hydrogens (tertiary/aromatic N) is 1. The molecule has 3 N–H and O–H groups in total. The van der Waals surface area contributed by atoms with Crippen molar-refractivity contribution in [1.82, 2.24) is 15.5 Å².